The first-order valence-electron chi connectivity index (χ1n) is 12.2. The molecule has 2 aromatic heterocycles. The molecular formula is C27H33ClN4O4S. The fraction of sp³-hybridized carbons (Fsp3) is 0.370. The van der Waals surface area contributed by atoms with Gasteiger partial charge >= 0.3 is 5.97 Å². The SMILES string of the molecule is CCCCC1(c2ccc(CC(N)(c3cccc(NCC(=O)O)n3)S(=O)(=O)c3cccnc3)cc2)CC1.Cl. The second-order valence-electron chi connectivity index (χ2n) is 9.49. The second-order valence-corrected chi connectivity index (χ2v) is 11.7. The molecule has 10 heteroatoms. The van der Waals surface area contributed by atoms with Gasteiger partial charge < -0.3 is 16.2 Å². The van der Waals surface area contributed by atoms with E-state index >= 15 is 0 Å². The van der Waals surface area contributed by atoms with Crippen LogP contribution in [-0.4, -0.2) is 36.0 Å². The number of carboxylic acid groups (broad SMARTS) is 1. The number of carbonyl (C=O) groups is 1. The van der Waals surface area contributed by atoms with Gasteiger partial charge in [0, 0.05) is 18.8 Å². The number of nitrogens with two attached hydrogens (primary N) is 1. The molecule has 3 aromatic rings. The maximum Gasteiger partial charge on any atom is 0.322 e. The van der Waals surface area contributed by atoms with Gasteiger partial charge in [0.2, 0.25) is 9.84 Å². The fourth-order valence-electron chi connectivity index (χ4n) is 4.60. The fourth-order valence-corrected chi connectivity index (χ4v) is 6.23. The van der Waals surface area contributed by atoms with Crippen molar-refractivity contribution in [1.82, 2.24) is 9.97 Å². The summed E-state index contributed by atoms with van der Waals surface area (Å²) in [6.45, 7) is 1.84. The summed E-state index contributed by atoms with van der Waals surface area (Å²) in [5, 5.41) is 11.7. The van der Waals surface area contributed by atoms with Gasteiger partial charge in [0.25, 0.3) is 0 Å². The molecule has 1 aromatic carbocycles. The van der Waals surface area contributed by atoms with Crippen LogP contribution in [0.25, 0.3) is 0 Å². The minimum Gasteiger partial charge on any atom is -0.480 e. The molecule has 0 radical (unpaired) electrons. The minimum atomic E-state index is -4.13. The molecule has 2 heterocycles. The summed E-state index contributed by atoms with van der Waals surface area (Å²) in [6, 6.07) is 15.8. The van der Waals surface area contributed by atoms with Crippen LogP contribution in [-0.2, 0) is 31.3 Å². The molecule has 0 aliphatic heterocycles. The summed E-state index contributed by atoms with van der Waals surface area (Å²) in [5.74, 6) is -0.829. The highest BCUT2D eigenvalue weighted by molar-refractivity contribution is 7.92. The van der Waals surface area contributed by atoms with E-state index in [2.05, 4.69) is 34.3 Å². The summed E-state index contributed by atoms with van der Waals surface area (Å²) < 4.78 is 27.7. The van der Waals surface area contributed by atoms with Crippen molar-refractivity contribution in [2.24, 2.45) is 5.73 Å². The molecule has 198 valence electrons. The normalized spacial score (nSPS) is 15.7. The summed E-state index contributed by atoms with van der Waals surface area (Å²) in [7, 11) is -4.13. The van der Waals surface area contributed by atoms with E-state index in [1.807, 2.05) is 12.1 Å². The Kier molecular flexibility index (Phi) is 8.94. The maximum absolute atomic E-state index is 13.9. The minimum absolute atomic E-state index is 0. The van der Waals surface area contributed by atoms with E-state index in [-0.39, 0.29) is 47.2 Å². The van der Waals surface area contributed by atoms with Gasteiger partial charge in [0.1, 0.15) is 12.4 Å². The molecule has 4 rings (SSSR count). The van der Waals surface area contributed by atoms with Crippen LogP contribution in [0, 0.1) is 0 Å². The van der Waals surface area contributed by atoms with Crippen molar-refractivity contribution < 1.29 is 18.3 Å². The van der Waals surface area contributed by atoms with E-state index in [4.69, 9.17) is 10.8 Å². The molecule has 0 bridgehead atoms. The van der Waals surface area contributed by atoms with E-state index in [1.165, 1.54) is 49.7 Å². The summed E-state index contributed by atoms with van der Waals surface area (Å²) in [4.78, 5) is 17.4. The number of sulfone groups is 1. The van der Waals surface area contributed by atoms with E-state index in [0.29, 0.717) is 0 Å². The van der Waals surface area contributed by atoms with E-state index in [1.54, 1.807) is 24.3 Å². The smallest absolute Gasteiger partial charge is 0.322 e. The molecule has 1 fully saturated rings. The van der Waals surface area contributed by atoms with Crippen molar-refractivity contribution in [3.05, 3.63) is 83.8 Å². The van der Waals surface area contributed by atoms with Crippen LogP contribution in [0.4, 0.5) is 5.82 Å². The van der Waals surface area contributed by atoms with Crippen LogP contribution in [0.1, 0.15) is 55.8 Å². The zero-order valence-corrected chi connectivity index (χ0v) is 22.4. The number of nitrogens with one attached hydrogen (secondary N) is 1. The third kappa shape index (κ3) is 6.11. The quantitative estimate of drug-likeness (QED) is 0.304. The Bertz CT molecular complexity index is 1320. The highest BCUT2D eigenvalue weighted by atomic mass is 35.5. The number of nitrogens with zero attached hydrogens (tertiary/aromatic N) is 2. The third-order valence-corrected chi connectivity index (χ3v) is 9.10. The number of rotatable bonds is 12. The molecular weight excluding hydrogens is 512 g/mol. The molecule has 0 saturated heterocycles. The Morgan fingerprint density at radius 2 is 1.86 bits per heavy atom. The number of halogens is 1. The van der Waals surface area contributed by atoms with Gasteiger partial charge in [0.15, 0.2) is 4.87 Å². The molecule has 37 heavy (non-hydrogen) atoms. The van der Waals surface area contributed by atoms with E-state index in [9.17, 15) is 13.2 Å². The van der Waals surface area contributed by atoms with Gasteiger partial charge in [-0.1, -0.05) is 50.1 Å². The van der Waals surface area contributed by atoms with Crippen molar-refractivity contribution in [2.75, 3.05) is 11.9 Å². The molecule has 1 unspecified atom stereocenters. The monoisotopic (exact) mass is 544 g/mol. The molecule has 4 N–H and O–H groups in total. The first-order chi connectivity index (χ1) is 17.2. The Hall–Kier alpha value is -3.01. The predicted octanol–water partition coefficient (Wildman–Crippen LogP) is 4.44. The number of carboxylic acids is 1. The summed E-state index contributed by atoms with van der Waals surface area (Å²) >= 11 is 0. The standard InChI is InChI=1S/C27H32N4O4S.ClH/c1-2-3-13-26(14-15-26)21-11-9-20(10-12-21)17-27(28,36(34,35)22-6-5-16-29-18-22)23-7-4-8-24(31-23)30-19-25(32)33;/h4-12,16,18H,2-3,13-15,17,19,28H2,1H3,(H,30,31)(H,32,33);1H. The van der Waals surface area contributed by atoms with E-state index < -0.39 is 20.7 Å². The Morgan fingerprint density at radius 1 is 1.14 bits per heavy atom. The lowest BCUT2D eigenvalue weighted by atomic mass is 9.89. The maximum atomic E-state index is 13.9. The first-order valence-corrected chi connectivity index (χ1v) is 13.6. The first kappa shape index (κ1) is 28.6. The average molecular weight is 545 g/mol. The molecule has 1 aliphatic rings. The lowest BCUT2D eigenvalue weighted by molar-refractivity contribution is -0.134. The molecule has 0 spiro atoms. The van der Waals surface area contributed by atoms with Crippen molar-refractivity contribution in [3.63, 3.8) is 0 Å². The summed E-state index contributed by atoms with van der Waals surface area (Å²) in [6.07, 6.45) is 8.64. The molecule has 0 amide bonds. The molecule has 8 nitrogen and oxygen atoms in total. The van der Waals surface area contributed by atoms with Crippen LogP contribution in [0.5, 0.6) is 0 Å². The number of pyridine rings is 2. The molecule has 1 saturated carbocycles. The van der Waals surface area contributed by atoms with Gasteiger partial charge in [-0.25, -0.2) is 13.4 Å². The number of benzene rings is 1. The lowest BCUT2D eigenvalue weighted by Crippen LogP contribution is -2.47. The number of anilines is 1. The number of unbranched alkanes of at least 4 members (excludes halogenated alkanes) is 1. The second kappa shape index (κ2) is 11.6. The number of aliphatic carboxylic acids is 1. The van der Waals surface area contributed by atoms with Crippen molar-refractivity contribution in [2.45, 2.75) is 60.6 Å². The van der Waals surface area contributed by atoms with Crippen LogP contribution >= 0.6 is 12.4 Å². The predicted molar refractivity (Wildman–Crippen MR) is 145 cm³/mol. The zero-order valence-electron chi connectivity index (χ0n) is 20.8. The van der Waals surface area contributed by atoms with Gasteiger partial charge in [-0.05, 0) is 60.1 Å². The summed E-state index contributed by atoms with van der Waals surface area (Å²) in [5.41, 5.74) is 9.19. The highest BCUT2D eigenvalue weighted by Crippen LogP contribution is 2.52. The Balaban J connectivity index is 0.00000380. The van der Waals surface area contributed by atoms with E-state index in [0.717, 1.165) is 12.0 Å². The number of aromatic nitrogens is 2. The van der Waals surface area contributed by atoms with Crippen LogP contribution in [0.3, 0.4) is 0 Å². The van der Waals surface area contributed by atoms with Crippen LogP contribution < -0.4 is 11.1 Å². The van der Waals surface area contributed by atoms with Crippen molar-refractivity contribution >= 4 is 34.0 Å². The Labute approximate surface area is 224 Å². The highest BCUT2D eigenvalue weighted by Gasteiger charge is 2.45. The van der Waals surface area contributed by atoms with Crippen LogP contribution in [0.2, 0.25) is 0 Å². The van der Waals surface area contributed by atoms with Crippen LogP contribution in [0.15, 0.2) is 71.9 Å². The topological polar surface area (TPSA) is 135 Å². The van der Waals surface area contributed by atoms with Gasteiger partial charge in [-0.3, -0.25) is 9.78 Å². The number of hydrogen-bond donors (Lipinski definition) is 3. The average Bonchev–Trinajstić information content (AvgIpc) is 3.68. The number of hydrogen-bond acceptors (Lipinski definition) is 7. The van der Waals surface area contributed by atoms with Gasteiger partial charge in [-0.15, -0.1) is 12.4 Å². The Morgan fingerprint density at radius 3 is 2.46 bits per heavy atom. The largest absolute Gasteiger partial charge is 0.480 e. The van der Waals surface area contributed by atoms with Gasteiger partial charge in [0.05, 0.1) is 10.6 Å². The van der Waals surface area contributed by atoms with Crippen molar-refractivity contribution in [1.29, 1.82) is 0 Å². The molecule has 1 atom stereocenters. The zero-order chi connectivity index (χ0) is 25.8. The van der Waals surface area contributed by atoms with Crippen molar-refractivity contribution in [3.8, 4) is 0 Å². The van der Waals surface area contributed by atoms with Gasteiger partial charge in [-0.2, -0.15) is 0 Å². The molecule has 1 aliphatic carbocycles. The third-order valence-electron chi connectivity index (χ3n) is 6.92. The lowest BCUT2D eigenvalue weighted by Gasteiger charge is -2.29.